The molecule has 0 aromatic heterocycles. The van der Waals surface area contributed by atoms with Crippen LogP contribution in [0.5, 0.6) is 0 Å². The maximum Gasteiger partial charge on any atom is 0.306 e. The Kier molecular flexibility index (Phi) is 8.53. The Balaban J connectivity index is 3.87. The van der Waals surface area contributed by atoms with Crippen LogP contribution in [0.3, 0.4) is 0 Å². The van der Waals surface area contributed by atoms with Crippen molar-refractivity contribution >= 4 is 13.3 Å². The van der Waals surface area contributed by atoms with E-state index >= 15 is 0 Å². The van der Waals surface area contributed by atoms with Crippen LogP contribution in [-0.2, 0) is 18.6 Å². The predicted molar refractivity (Wildman–Crippen MR) is 69.7 cm³/mol. The van der Waals surface area contributed by atoms with Gasteiger partial charge in [0.15, 0.2) is 7.37 Å². The maximum atomic E-state index is 11.5. The summed E-state index contributed by atoms with van der Waals surface area (Å²) in [6.07, 6.45) is 3.86. The molecule has 0 bridgehead atoms. The number of esters is 1. The molecule has 0 rings (SSSR count). The fourth-order valence-electron chi connectivity index (χ4n) is 1.26. The number of carbonyl (C=O) groups excluding carboxylic acids is 1. The minimum Gasteiger partial charge on any atom is -0.460 e. The monoisotopic (exact) mass is 264 g/mol. The number of unbranched alkanes of at least 4 members (excludes halogenated alkanes) is 2. The molecule has 0 aromatic carbocycles. The summed E-state index contributed by atoms with van der Waals surface area (Å²) >= 11 is 0. The SMILES string of the molecule is CCCCCC(=O)O[C@H](CC)COP(C)(C)=O. The molecule has 0 radical (unpaired) electrons. The van der Waals surface area contributed by atoms with Gasteiger partial charge in [-0.1, -0.05) is 26.7 Å². The van der Waals surface area contributed by atoms with E-state index in [0.29, 0.717) is 12.8 Å². The molecule has 0 aliphatic rings. The first-order valence-electron chi connectivity index (χ1n) is 6.28. The average Bonchev–Trinajstić information content (AvgIpc) is 2.23. The second kappa shape index (κ2) is 8.71. The van der Waals surface area contributed by atoms with Gasteiger partial charge in [-0.2, -0.15) is 0 Å². The third kappa shape index (κ3) is 10.5. The Morgan fingerprint density at radius 3 is 2.35 bits per heavy atom. The van der Waals surface area contributed by atoms with Gasteiger partial charge >= 0.3 is 5.97 Å². The lowest BCUT2D eigenvalue weighted by molar-refractivity contribution is -0.150. The van der Waals surface area contributed by atoms with Crippen molar-refractivity contribution in [2.45, 2.75) is 52.1 Å². The highest BCUT2D eigenvalue weighted by Gasteiger charge is 2.16. The molecule has 102 valence electrons. The average molecular weight is 264 g/mol. The van der Waals surface area contributed by atoms with E-state index in [9.17, 15) is 9.36 Å². The van der Waals surface area contributed by atoms with Crippen molar-refractivity contribution in [3.05, 3.63) is 0 Å². The molecule has 5 heteroatoms. The summed E-state index contributed by atoms with van der Waals surface area (Å²) in [4.78, 5) is 11.5. The third-order valence-electron chi connectivity index (χ3n) is 2.31. The summed E-state index contributed by atoms with van der Waals surface area (Å²) in [5, 5.41) is 0. The van der Waals surface area contributed by atoms with Crippen LogP contribution in [0.4, 0.5) is 0 Å². The van der Waals surface area contributed by atoms with Crippen molar-refractivity contribution < 1.29 is 18.6 Å². The van der Waals surface area contributed by atoms with E-state index in [1.807, 2.05) is 6.92 Å². The molecule has 0 aliphatic heterocycles. The van der Waals surface area contributed by atoms with Gasteiger partial charge in [0.05, 0.1) is 6.61 Å². The lowest BCUT2D eigenvalue weighted by Gasteiger charge is -2.17. The molecule has 4 nitrogen and oxygen atoms in total. The molecule has 0 N–H and O–H groups in total. The van der Waals surface area contributed by atoms with Gasteiger partial charge in [0.2, 0.25) is 0 Å². The molecule has 0 unspecified atom stereocenters. The van der Waals surface area contributed by atoms with E-state index in [2.05, 4.69) is 6.92 Å². The van der Waals surface area contributed by atoms with Crippen LogP contribution in [0.2, 0.25) is 0 Å². The van der Waals surface area contributed by atoms with Crippen LogP contribution in [0.15, 0.2) is 0 Å². The molecule has 0 saturated heterocycles. The first kappa shape index (κ1) is 16.7. The standard InChI is InChI=1S/C12H25O4P/c1-5-7-8-9-12(13)16-11(6-2)10-15-17(3,4)14/h11H,5-10H2,1-4H3/t11-/m1/s1. The Morgan fingerprint density at radius 1 is 1.24 bits per heavy atom. The van der Waals surface area contributed by atoms with Crippen molar-refractivity contribution in [3.63, 3.8) is 0 Å². The minimum atomic E-state index is -2.49. The van der Waals surface area contributed by atoms with Crippen LogP contribution in [-0.4, -0.2) is 32.0 Å². The van der Waals surface area contributed by atoms with E-state index in [1.165, 1.54) is 0 Å². The molecule has 0 heterocycles. The third-order valence-corrected chi connectivity index (χ3v) is 3.08. The van der Waals surface area contributed by atoms with Gasteiger partial charge in [0.25, 0.3) is 0 Å². The highest BCUT2D eigenvalue weighted by atomic mass is 31.2. The molecule has 17 heavy (non-hydrogen) atoms. The van der Waals surface area contributed by atoms with Crippen molar-refractivity contribution in [2.75, 3.05) is 19.9 Å². The molecule has 0 spiro atoms. The number of carbonyl (C=O) groups is 1. The number of hydrogen-bond donors (Lipinski definition) is 0. The van der Waals surface area contributed by atoms with Gasteiger partial charge in [0, 0.05) is 19.8 Å². The van der Waals surface area contributed by atoms with Gasteiger partial charge in [-0.25, -0.2) is 0 Å². The Morgan fingerprint density at radius 2 is 1.88 bits per heavy atom. The number of hydrogen-bond acceptors (Lipinski definition) is 4. The van der Waals surface area contributed by atoms with Gasteiger partial charge in [0.1, 0.15) is 6.10 Å². The zero-order valence-electron chi connectivity index (χ0n) is 11.4. The van der Waals surface area contributed by atoms with Crippen LogP contribution in [0, 0.1) is 0 Å². The molecular weight excluding hydrogens is 239 g/mol. The summed E-state index contributed by atoms with van der Waals surface area (Å²) < 4.78 is 21.8. The molecule has 0 fully saturated rings. The van der Waals surface area contributed by atoms with Crippen LogP contribution in [0.1, 0.15) is 46.0 Å². The van der Waals surface area contributed by atoms with E-state index in [1.54, 1.807) is 13.3 Å². The van der Waals surface area contributed by atoms with Crippen molar-refractivity contribution in [3.8, 4) is 0 Å². The Bertz CT molecular complexity index is 259. The molecule has 1 atom stereocenters. The molecular formula is C12H25O4P. The molecule has 0 amide bonds. The Hall–Kier alpha value is -0.340. The maximum absolute atomic E-state index is 11.5. The topological polar surface area (TPSA) is 52.6 Å². The second-order valence-corrected chi connectivity index (χ2v) is 7.29. The number of rotatable bonds is 9. The van der Waals surface area contributed by atoms with E-state index in [0.717, 1.165) is 19.3 Å². The van der Waals surface area contributed by atoms with Crippen LogP contribution in [0.25, 0.3) is 0 Å². The molecule has 0 aliphatic carbocycles. The zero-order chi connectivity index (χ0) is 13.3. The van der Waals surface area contributed by atoms with E-state index in [4.69, 9.17) is 9.26 Å². The normalized spacial score (nSPS) is 13.4. The van der Waals surface area contributed by atoms with E-state index in [-0.39, 0.29) is 18.7 Å². The molecule has 0 aromatic rings. The summed E-state index contributed by atoms with van der Waals surface area (Å²) in [5.41, 5.74) is 0. The summed E-state index contributed by atoms with van der Waals surface area (Å²) in [6, 6.07) is 0. The quantitative estimate of drug-likeness (QED) is 0.363. The highest BCUT2D eigenvalue weighted by Crippen LogP contribution is 2.37. The van der Waals surface area contributed by atoms with E-state index < -0.39 is 7.37 Å². The highest BCUT2D eigenvalue weighted by molar-refractivity contribution is 7.57. The lowest BCUT2D eigenvalue weighted by Crippen LogP contribution is -2.22. The van der Waals surface area contributed by atoms with Crippen molar-refractivity contribution in [2.24, 2.45) is 0 Å². The van der Waals surface area contributed by atoms with Crippen LogP contribution < -0.4 is 0 Å². The first-order valence-corrected chi connectivity index (χ1v) is 8.80. The van der Waals surface area contributed by atoms with Gasteiger partial charge in [-0.15, -0.1) is 0 Å². The van der Waals surface area contributed by atoms with Crippen LogP contribution >= 0.6 is 7.37 Å². The molecule has 0 saturated carbocycles. The van der Waals surface area contributed by atoms with Gasteiger partial charge in [-0.05, 0) is 12.8 Å². The lowest BCUT2D eigenvalue weighted by atomic mass is 10.2. The minimum absolute atomic E-state index is 0.184. The Labute approximate surface area is 105 Å². The zero-order valence-corrected chi connectivity index (χ0v) is 12.3. The summed E-state index contributed by atoms with van der Waals surface area (Å²) in [5.74, 6) is -0.184. The van der Waals surface area contributed by atoms with Crippen molar-refractivity contribution in [1.82, 2.24) is 0 Å². The van der Waals surface area contributed by atoms with Gasteiger partial charge < -0.3 is 9.26 Å². The first-order chi connectivity index (χ1) is 7.89. The summed E-state index contributed by atoms with van der Waals surface area (Å²) in [7, 11) is -2.49. The smallest absolute Gasteiger partial charge is 0.306 e. The van der Waals surface area contributed by atoms with Crippen molar-refractivity contribution in [1.29, 1.82) is 0 Å². The number of ether oxygens (including phenoxy) is 1. The summed E-state index contributed by atoms with van der Waals surface area (Å²) in [6.45, 7) is 7.35. The predicted octanol–water partition coefficient (Wildman–Crippen LogP) is 3.44. The second-order valence-electron chi connectivity index (χ2n) is 4.53. The fourth-order valence-corrected chi connectivity index (χ4v) is 1.79. The fraction of sp³-hybridized carbons (Fsp3) is 0.917. The largest absolute Gasteiger partial charge is 0.460 e. The van der Waals surface area contributed by atoms with Gasteiger partial charge in [-0.3, -0.25) is 9.36 Å².